The molecule has 0 aliphatic heterocycles. The summed E-state index contributed by atoms with van der Waals surface area (Å²) in [6, 6.07) is 7.68. The van der Waals surface area contributed by atoms with Crippen LogP contribution < -0.4 is 16.0 Å². The number of hydrogen-bond donors (Lipinski definition) is 3. The minimum Gasteiger partial charge on any atom is -0.357 e. The number of hydrogen-bond acceptors (Lipinski definition) is 2. The highest BCUT2D eigenvalue weighted by atomic mass is 16.1. The first-order chi connectivity index (χ1) is 12.2. The summed E-state index contributed by atoms with van der Waals surface area (Å²) in [7, 11) is 0. The van der Waals surface area contributed by atoms with Gasteiger partial charge in [-0.3, -0.25) is 4.79 Å². The molecular weight excluding hydrogens is 312 g/mol. The van der Waals surface area contributed by atoms with Crippen molar-refractivity contribution >= 4 is 11.9 Å². The number of aliphatic imine (C=N–C) groups is 1. The molecule has 1 aromatic carbocycles. The van der Waals surface area contributed by atoms with Crippen LogP contribution in [0.4, 0.5) is 0 Å². The lowest BCUT2D eigenvalue weighted by Gasteiger charge is -2.11. The fourth-order valence-electron chi connectivity index (χ4n) is 2.42. The van der Waals surface area contributed by atoms with E-state index in [2.05, 4.69) is 34.8 Å². The van der Waals surface area contributed by atoms with Gasteiger partial charge in [-0.1, -0.05) is 45.2 Å². The van der Waals surface area contributed by atoms with Crippen LogP contribution in [-0.4, -0.2) is 31.5 Å². The molecule has 0 saturated heterocycles. The molecule has 25 heavy (non-hydrogen) atoms. The molecule has 0 unspecified atom stereocenters. The molecular formula is C20H34N4O. The highest BCUT2D eigenvalue weighted by Crippen LogP contribution is 2.07. The van der Waals surface area contributed by atoms with Crippen molar-refractivity contribution < 1.29 is 4.79 Å². The van der Waals surface area contributed by atoms with Gasteiger partial charge in [-0.05, 0) is 37.5 Å². The number of guanidine groups is 1. The number of carbonyl (C=O) groups is 1. The molecule has 5 nitrogen and oxygen atoms in total. The van der Waals surface area contributed by atoms with Gasteiger partial charge in [0.1, 0.15) is 0 Å². The molecule has 0 aliphatic rings. The van der Waals surface area contributed by atoms with Crippen molar-refractivity contribution in [2.24, 2.45) is 4.99 Å². The summed E-state index contributed by atoms with van der Waals surface area (Å²) in [5, 5.41) is 9.55. The molecule has 3 N–H and O–H groups in total. The second kappa shape index (κ2) is 13.3. The van der Waals surface area contributed by atoms with E-state index in [9.17, 15) is 4.79 Å². The maximum Gasteiger partial charge on any atom is 0.251 e. The second-order valence-corrected chi connectivity index (χ2v) is 6.14. The van der Waals surface area contributed by atoms with Gasteiger partial charge in [0.15, 0.2) is 5.96 Å². The van der Waals surface area contributed by atoms with Gasteiger partial charge >= 0.3 is 0 Å². The predicted octanol–water partition coefficient (Wildman–Crippen LogP) is 3.46. The zero-order valence-corrected chi connectivity index (χ0v) is 16.0. The average Bonchev–Trinajstić information content (AvgIpc) is 2.64. The van der Waals surface area contributed by atoms with E-state index in [1.807, 2.05) is 31.2 Å². The number of rotatable bonds is 11. The van der Waals surface area contributed by atoms with Crippen molar-refractivity contribution in [3.63, 3.8) is 0 Å². The van der Waals surface area contributed by atoms with Crippen molar-refractivity contribution in [1.29, 1.82) is 0 Å². The van der Waals surface area contributed by atoms with Gasteiger partial charge in [0.2, 0.25) is 0 Å². The Morgan fingerprint density at radius 3 is 2.52 bits per heavy atom. The van der Waals surface area contributed by atoms with E-state index in [0.29, 0.717) is 18.7 Å². The van der Waals surface area contributed by atoms with Crippen LogP contribution in [0.3, 0.4) is 0 Å². The molecule has 0 spiro atoms. The van der Waals surface area contributed by atoms with Crippen LogP contribution in [0.2, 0.25) is 0 Å². The van der Waals surface area contributed by atoms with Crippen LogP contribution in [0.15, 0.2) is 29.3 Å². The summed E-state index contributed by atoms with van der Waals surface area (Å²) in [4.78, 5) is 16.7. The number of benzene rings is 1. The van der Waals surface area contributed by atoms with Gasteiger partial charge in [0.25, 0.3) is 5.91 Å². The van der Waals surface area contributed by atoms with Gasteiger partial charge in [-0.25, -0.2) is 4.99 Å². The van der Waals surface area contributed by atoms with Crippen molar-refractivity contribution in [3.05, 3.63) is 35.4 Å². The predicted molar refractivity (Wildman–Crippen MR) is 106 cm³/mol. The van der Waals surface area contributed by atoms with E-state index in [1.54, 1.807) is 0 Å². The summed E-state index contributed by atoms with van der Waals surface area (Å²) >= 11 is 0. The van der Waals surface area contributed by atoms with E-state index >= 15 is 0 Å². The zero-order valence-electron chi connectivity index (χ0n) is 16.0. The lowest BCUT2D eigenvalue weighted by molar-refractivity contribution is 0.0953. The first-order valence-corrected chi connectivity index (χ1v) is 9.60. The van der Waals surface area contributed by atoms with E-state index < -0.39 is 0 Å². The number of carbonyl (C=O) groups excluding carboxylic acids is 1. The SMILES string of the molecule is CCCCCCNC(=NCc1cccc(C(=O)NCCC)c1)NCC. The number of nitrogens with zero attached hydrogens (tertiary/aromatic N) is 1. The summed E-state index contributed by atoms with van der Waals surface area (Å²) in [5.74, 6) is 0.813. The quantitative estimate of drug-likeness (QED) is 0.327. The zero-order chi connectivity index (χ0) is 18.3. The standard InChI is InChI=1S/C20H34N4O/c1-4-7-8-9-14-23-20(21-6-3)24-16-17-11-10-12-18(15-17)19(25)22-13-5-2/h10-12,15H,4-9,13-14,16H2,1-3H3,(H,22,25)(H2,21,23,24). The summed E-state index contributed by atoms with van der Waals surface area (Å²) in [6.07, 6.45) is 5.87. The molecule has 1 aromatic rings. The third-order valence-electron chi connectivity index (χ3n) is 3.81. The average molecular weight is 347 g/mol. The Hall–Kier alpha value is -2.04. The Morgan fingerprint density at radius 2 is 1.80 bits per heavy atom. The fourth-order valence-corrected chi connectivity index (χ4v) is 2.42. The minimum absolute atomic E-state index is 0.0198. The minimum atomic E-state index is -0.0198. The van der Waals surface area contributed by atoms with Crippen LogP contribution in [0, 0.1) is 0 Å². The van der Waals surface area contributed by atoms with Crippen molar-refractivity contribution in [2.45, 2.75) is 59.4 Å². The normalized spacial score (nSPS) is 11.2. The Morgan fingerprint density at radius 1 is 0.960 bits per heavy atom. The van der Waals surface area contributed by atoms with E-state index in [1.165, 1.54) is 19.3 Å². The van der Waals surface area contributed by atoms with Gasteiger partial charge < -0.3 is 16.0 Å². The number of unbranched alkanes of at least 4 members (excludes halogenated alkanes) is 3. The Kier molecular flexibility index (Phi) is 11.2. The van der Waals surface area contributed by atoms with Gasteiger partial charge in [-0.15, -0.1) is 0 Å². The smallest absolute Gasteiger partial charge is 0.251 e. The molecule has 0 aromatic heterocycles. The van der Waals surface area contributed by atoms with Crippen LogP contribution in [-0.2, 0) is 6.54 Å². The molecule has 0 aliphatic carbocycles. The summed E-state index contributed by atoms with van der Waals surface area (Å²) in [5.41, 5.74) is 1.73. The van der Waals surface area contributed by atoms with Crippen molar-refractivity contribution in [1.82, 2.24) is 16.0 Å². The van der Waals surface area contributed by atoms with Crippen LogP contribution in [0.5, 0.6) is 0 Å². The van der Waals surface area contributed by atoms with E-state index in [4.69, 9.17) is 0 Å². The molecule has 0 fully saturated rings. The van der Waals surface area contributed by atoms with E-state index in [0.717, 1.165) is 37.5 Å². The van der Waals surface area contributed by atoms with E-state index in [-0.39, 0.29) is 5.91 Å². The monoisotopic (exact) mass is 346 g/mol. The van der Waals surface area contributed by atoms with Gasteiger partial charge in [-0.2, -0.15) is 0 Å². The van der Waals surface area contributed by atoms with Crippen LogP contribution in [0.25, 0.3) is 0 Å². The maximum atomic E-state index is 12.1. The topological polar surface area (TPSA) is 65.5 Å². The van der Waals surface area contributed by atoms with Crippen LogP contribution in [0.1, 0.15) is 68.8 Å². The Balaban J connectivity index is 2.58. The molecule has 1 amide bonds. The second-order valence-electron chi connectivity index (χ2n) is 6.14. The molecule has 0 heterocycles. The lowest BCUT2D eigenvalue weighted by atomic mass is 10.1. The van der Waals surface area contributed by atoms with Crippen molar-refractivity contribution in [2.75, 3.05) is 19.6 Å². The summed E-state index contributed by atoms with van der Waals surface area (Å²) < 4.78 is 0. The third-order valence-corrected chi connectivity index (χ3v) is 3.81. The first-order valence-electron chi connectivity index (χ1n) is 9.60. The molecule has 140 valence electrons. The lowest BCUT2D eigenvalue weighted by Crippen LogP contribution is -2.37. The molecule has 5 heteroatoms. The largest absolute Gasteiger partial charge is 0.357 e. The van der Waals surface area contributed by atoms with Gasteiger partial charge in [0.05, 0.1) is 6.54 Å². The van der Waals surface area contributed by atoms with Gasteiger partial charge in [0, 0.05) is 25.2 Å². The molecule has 0 bridgehead atoms. The summed E-state index contributed by atoms with van der Waals surface area (Å²) in [6.45, 7) is 9.35. The maximum absolute atomic E-state index is 12.1. The Labute approximate surface area is 152 Å². The molecule has 0 radical (unpaired) electrons. The highest BCUT2D eigenvalue weighted by Gasteiger charge is 2.05. The van der Waals surface area contributed by atoms with Crippen LogP contribution >= 0.6 is 0 Å². The van der Waals surface area contributed by atoms with Crippen molar-refractivity contribution in [3.8, 4) is 0 Å². The molecule has 0 saturated carbocycles. The number of amides is 1. The molecule has 1 rings (SSSR count). The first kappa shape index (κ1) is 21.0. The highest BCUT2D eigenvalue weighted by molar-refractivity contribution is 5.94. The number of nitrogens with one attached hydrogen (secondary N) is 3. The fraction of sp³-hybridized carbons (Fsp3) is 0.600. The Bertz CT molecular complexity index is 528. The molecule has 0 atom stereocenters. The third kappa shape index (κ3) is 9.13.